The van der Waals surface area contributed by atoms with Crippen molar-refractivity contribution in [2.45, 2.75) is 95.4 Å². The van der Waals surface area contributed by atoms with Crippen molar-refractivity contribution in [3.05, 3.63) is 23.3 Å². The number of likely N-dealkylation sites (N-methyl/N-ethyl adjacent to an activating group) is 1. The summed E-state index contributed by atoms with van der Waals surface area (Å²) in [6.07, 6.45) is 4.96. The monoisotopic (exact) mass is 470 g/mol. The van der Waals surface area contributed by atoms with Crippen LogP contribution in [0.3, 0.4) is 0 Å². The van der Waals surface area contributed by atoms with E-state index in [9.17, 15) is 9.59 Å². The van der Waals surface area contributed by atoms with E-state index in [1.165, 1.54) is 11.1 Å². The highest BCUT2D eigenvalue weighted by molar-refractivity contribution is 5.73. The lowest BCUT2D eigenvalue weighted by atomic mass is 9.51. The van der Waals surface area contributed by atoms with Crippen molar-refractivity contribution in [3.8, 4) is 11.5 Å². The smallest absolute Gasteiger partial charge is 0.306 e. The summed E-state index contributed by atoms with van der Waals surface area (Å²) in [5.41, 5.74) is 2.14. The molecule has 1 saturated carbocycles. The number of hydrogen-bond acceptors (Lipinski definition) is 6. The largest absolute Gasteiger partial charge is 0.490 e. The summed E-state index contributed by atoms with van der Waals surface area (Å²) in [5, 5.41) is 3.19. The van der Waals surface area contributed by atoms with Crippen LogP contribution in [0.25, 0.3) is 0 Å². The maximum atomic E-state index is 12.0. The Balaban J connectivity index is 1.40. The molecule has 2 heterocycles. The molecule has 1 unspecified atom stereocenters. The fourth-order valence-electron chi connectivity index (χ4n) is 7.04. The predicted octanol–water partition coefficient (Wildman–Crippen LogP) is 3.36. The molecule has 2 aliphatic carbocycles. The number of likely N-dealkylation sites (tertiary alicyclic amines) is 1. The maximum Gasteiger partial charge on any atom is 0.306 e. The summed E-state index contributed by atoms with van der Waals surface area (Å²) in [7, 11) is 2.25. The minimum Gasteiger partial charge on any atom is -0.490 e. The highest BCUT2D eigenvalue weighted by atomic mass is 16.6. The lowest BCUT2D eigenvalue weighted by molar-refractivity contribution is -0.155. The molecule has 1 spiro atoms. The Morgan fingerprint density at radius 3 is 2.79 bits per heavy atom. The standard InChI is InChI=1S/C27H38N2O5/c1-16(30)28-19-10-9-18-20-15-17-8-11-21(32-14-6-7-22(31)34-26(2,3)4)24-23(17)27(18,25(19)33-24)12-13-29(20)5/h8,11,18-20,25H,6-7,9-10,12-15H2,1-5H3,(H,28,30)/t18?,19-,20+,25-,27-/m0/s1. The number of rotatable bonds is 6. The molecule has 2 aliphatic heterocycles. The van der Waals surface area contributed by atoms with E-state index >= 15 is 0 Å². The van der Waals surface area contributed by atoms with Crippen molar-refractivity contribution in [1.29, 1.82) is 0 Å². The van der Waals surface area contributed by atoms with Gasteiger partial charge in [0.25, 0.3) is 0 Å². The number of esters is 1. The van der Waals surface area contributed by atoms with E-state index in [2.05, 4.69) is 23.3 Å². The van der Waals surface area contributed by atoms with E-state index < -0.39 is 5.60 Å². The van der Waals surface area contributed by atoms with Crippen LogP contribution in [0.15, 0.2) is 12.1 Å². The minimum absolute atomic E-state index is 0.00136. The number of nitrogens with one attached hydrogen (secondary N) is 1. The van der Waals surface area contributed by atoms with Crippen LogP contribution >= 0.6 is 0 Å². The molecule has 7 nitrogen and oxygen atoms in total. The zero-order valence-corrected chi connectivity index (χ0v) is 21.1. The first-order valence-electron chi connectivity index (χ1n) is 12.7. The summed E-state index contributed by atoms with van der Waals surface area (Å²) in [6.45, 7) is 8.68. The quantitative estimate of drug-likeness (QED) is 0.508. The van der Waals surface area contributed by atoms with Crippen LogP contribution in [-0.4, -0.2) is 60.8 Å². The molecule has 1 aromatic rings. The first-order valence-corrected chi connectivity index (χ1v) is 12.7. The van der Waals surface area contributed by atoms with Gasteiger partial charge in [0.05, 0.1) is 12.6 Å². The van der Waals surface area contributed by atoms with Gasteiger partial charge in [-0.2, -0.15) is 0 Å². The van der Waals surface area contributed by atoms with Crippen molar-refractivity contribution < 1.29 is 23.8 Å². The highest BCUT2D eigenvalue weighted by Gasteiger charge is 2.65. The average molecular weight is 471 g/mol. The van der Waals surface area contributed by atoms with Gasteiger partial charge in [0, 0.05) is 30.4 Å². The van der Waals surface area contributed by atoms with Crippen molar-refractivity contribution in [1.82, 2.24) is 10.2 Å². The van der Waals surface area contributed by atoms with Crippen LogP contribution < -0.4 is 14.8 Å². The molecule has 7 heteroatoms. The summed E-state index contributed by atoms with van der Waals surface area (Å²) in [4.78, 5) is 26.6. The Kier molecular flexibility index (Phi) is 5.82. The molecular formula is C27H38N2O5. The maximum absolute atomic E-state index is 12.0. The Bertz CT molecular complexity index is 986. The number of piperidine rings is 1. The molecule has 0 aromatic heterocycles. The molecule has 1 N–H and O–H groups in total. The Labute approximate surface area is 202 Å². The lowest BCUT2D eigenvalue weighted by Crippen LogP contribution is -2.68. The first-order chi connectivity index (χ1) is 16.1. The Hall–Kier alpha value is -2.28. The SMILES string of the molecule is CC(=O)N[C@H]1CCC2[C@H]3Cc4ccc(OCCCC(=O)OC(C)(C)C)c5c4[C@@]2(CCN3C)[C@H]1O5. The van der Waals surface area contributed by atoms with Gasteiger partial charge >= 0.3 is 5.97 Å². The van der Waals surface area contributed by atoms with Gasteiger partial charge in [0.15, 0.2) is 11.5 Å². The topological polar surface area (TPSA) is 77.1 Å². The van der Waals surface area contributed by atoms with E-state index in [0.717, 1.165) is 43.7 Å². The molecule has 186 valence electrons. The second-order valence-electron chi connectivity index (χ2n) is 11.5. The average Bonchev–Trinajstić information content (AvgIpc) is 3.09. The molecule has 2 fully saturated rings. The van der Waals surface area contributed by atoms with Gasteiger partial charge in [-0.25, -0.2) is 0 Å². The van der Waals surface area contributed by atoms with Crippen LogP contribution in [0.4, 0.5) is 0 Å². The van der Waals surface area contributed by atoms with Crippen molar-refractivity contribution in [2.75, 3.05) is 20.2 Å². The number of carbonyl (C=O) groups excluding carboxylic acids is 2. The van der Waals surface area contributed by atoms with Crippen LogP contribution in [0.5, 0.6) is 11.5 Å². The lowest BCUT2D eigenvalue weighted by Gasteiger charge is -2.59. The summed E-state index contributed by atoms with van der Waals surface area (Å²) < 4.78 is 18.3. The molecule has 1 saturated heterocycles. The second kappa shape index (κ2) is 8.43. The molecule has 5 rings (SSSR count). The third-order valence-corrected chi connectivity index (χ3v) is 8.17. The van der Waals surface area contributed by atoms with E-state index in [1.54, 1.807) is 6.92 Å². The van der Waals surface area contributed by atoms with Gasteiger partial charge in [-0.1, -0.05) is 6.07 Å². The van der Waals surface area contributed by atoms with Gasteiger partial charge < -0.3 is 24.4 Å². The van der Waals surface area contributed by atoms with Gasteiger partial charge in [-0.05, 0) is 84.0 Å². The van der Waals surface area contributed by atoms with Crippen molar-refractivity contribution in [3.63, 3.8) is 0 Å². The highest BCUT2D eigenvalue weighted by Crippen LogP contribution is 2.63. The summed E-state index contributed by atoms with van der Waals surface area (Å²) >= 11 is 0. The van der Waals surface area contributed by atoms with Gasteiger partial charge in [0.1, 0.15) is 11.7 Å². The van der Waals surface area contributed by atoms with Crippen LogP contribution in [0.2, 0.25) is 0 Å². The fourth-order valence-corrected chi connectivity index (χ4v) is 7.04. The van der Waals surface area contributed by atoms with Crippen molar-refractivity contribution in [2.24, 2.45) is 5.92 Å². The number of benzene rings is 1. The molecule has 5 atom stereocenters. The zero-order valence-electron chi connectivity index (χ0n) is 21.1. The van der Waals surface area contributed by atoms with Gasteiger partial charge in [0.2, 0.25) is 5.91 Å². The van der Waals surface area contributed by atoms with Crippen LogP contribution in [0, 0.1) is 5.92 Å². The minimum atomic E-state index is -0.474. The van der Waals surface area contributed by atoms with E-state index in [-0.39, 0.29) is 29.4 Å². The molecule has 34 heavy (non-hydrogen) atoms. The van der Waals surface area contributed by atoms with Gasteiger partial charge in [-0.3, -0.25) is 9.59 Å². The number of amides is 1. The van der Waals surface area contributed by atoms with E-state index in [1.807, 2.05) is 26.8 Å². The van der Waals surface area contributed by atoms with E-state index in [0.29, 0.717) is 31.4 Å². The summed E-state index contributed by atoms with van der Waals surface area (Å²) in [6, 6.07) is 4.76. The number of carbonyl (C=O) groups is 2. The molecule has 2 bridgehead atoms. The van der Waals surface area contributed by atoms with Crippen LogP contribution in [0.1, 0.15) is 70.9 Å². The zero-order chi connectivity index (χ0) is 24.3. The molecule has 1 aromatic carbocycles. The molecule has 1 amide bonds. The predicted molar refractivity (Wildman–Crippen MR) is 128 cm³/mol. The van der Waals surface area contributed by atoms with Crippen LogP contribution in [-0.2, 0) is 26.2 Å². The molecule has 0 radical (unpaired) electrons. The second-order valence-corrected chi connectivity index (χ2v) is 11.5. The van der Waals surface area contributed by atoms with E-state index in [4.69, 9.17) is 14.2 Å². The normalized spacial score (nSPS) is 31.3. The summed E-state index contributed by atoms with van der Waals surface area (Å²) in [5.74, 6) is 1.94. The molecular weight excluding hydrogens is 432 g/mol. The Morgan fingerprint density at radius 2 is 2.06 bits per heavy atom. The number of ether oxygens (including phenoxy) is 3. The third-order valence-electron chi connectivity index (χ3n) is 8.17. The first kappa shape index (κ1) is 23.5. The number of nitrogens with zero attached hydrogens (tertiary/aromatic N) is 1. The molecule has 4 aliphatic rings. The van der Waals surface area contributed by atoms with Gasteiger partial charge in [-0.15, -0.1) is 0 Å². The fraction of sp³-hybridized carbons (Fsp3) is 0.704. The number of hydrogen-bond donors (Lipinski definition) is 1. The van der Waals surface area contributed by atoms with Crippen molar-refractivity contribution >= 4 is 11.9 Å². The Morgan fingerprint density at radius 1 is 1.26 bits per heavy atom. The third kappa shape index (κ3) is 3.86.